The quantitative estimate of drug-likeness (QED) is 0.901. The van der Waals surface area contributed by atoms with Gasteiger partial charge in [0.05, 0.1) is 11.8 Å². The lowest BCUT2D eigenvalue weighted by atomic mass is 9.94. The molecule has 5 heteroatoms. The highest BCUT2D eigenvalue weighted by molar-refractivity contribution is 6.30. The highest BCUT2D eigenvalue weighted by Gasteiger charge is 2.52. The second-order valence-electron chi connectivity index (χ2n) is 4.96. The first-order chi connectivity index (χ1) is 8.95. The third-order valence-electron chi connectivity index (χ3n) is 3.56. The number of carboxylic acid groups (broad SMARTS) is 1. The van der Waals surface area contributed by atoms with E-state index in [1.165, 1.54) is 4.90 Å². The van der Waals surface area contributed by atoms with Gasteiger partial charge in [-0.15, -0.1) is 0 Å². The number of halogens is 1. The Labute approximate surface area is 117 Å². The Bertz CT molecular complexity index is 494. The van der Waals surface area contributed by atoms with Crippen LogP contribution in [-0.4, -0.2) is 35.5 Å². The Morgan fingerprint density at radius 1 is 1.32 bits per heavy atom. The smallest absolute Gasteiger partial charge is 0.305 e. The van der Waals surface area contributed by atoms with Crippen molar-refractivity contribution in [1.82, 2.24) is 4.90 Å². The third-order valence-corrected chi connectivity index (χ3v) is 3.82. The average molecular weight is 282 g/mol. The fraction of sp³-hybridized carbons (Fsp3) is 0.429. The van der Waals surface area contributed by atoms with Gasteiger partial charge in [-0.25, -0.2) is 0 Å². The van der Waals surface area contributed by atoms with Crippen LogP contribution in [0.25, 0.3) is 0 Å². The number of carbonyl (C=O) groups excluding carboxylic acids is 1. The molecule has 2 rings (SSSR count). The number of hydrogen-bond donors (Lipinski definition) is 1. The van der Waals surface area contributed by atoms with Gasteiger partial charge in [0, 0.05) is 18.6 Å². The predicted molar refractivity (Wildman–Crippen MR) is 72.3 cm³/mol. The van der Waals surface area contributed by atoms with Gasteiger partial charge in [0.2, 0.25) is 5.91 Å². The molecule has 19 heavy (non-hydrogen) atoms. The van der Waals surface area contributed by atoms with Crippen LogP contribution >= 0.6 is 11.6 Å². The van der Waals surface area contributed by atoms with Crippen LogP contribution in [0.15, 0.2) is 24.3 Å². The zero-order valence-electron chi connectivity index (χ0n) is 10.7. The molecule has 1 saturated carbocycles. The van der Waals surface area contributed by atoms with Crippen molar-refractivity contribution < 1.29 is 14.7 Å². The Balaban J connectivity index is 2.09. The van der Waals surface area contributed by atoms with Crippen LogP contribution in [0.4, 0.5) is 0 Å². The van der Waals surface area contributed by atoms with E-state index in [1.54, 1.807) is 19.2 Å². The van der Waals surface area contributed by atoms with Crippen LogP contribution in [0, 0.1) is 0 Å². The first-order valence-corrected chi connectivity index (χ1v) is 6.57. The van der Waals surface area contributed by atoms with E-state index in [0.717, 1.165) is 18.4 Å². The van der Waals surface area contributed by atoms with Crippen molar-refractivity contribution in [2.24, 2.45) is 0 Å². The zero-order chi connectivity index (χ0) is 14.0. The number of nitrogens with zero attached hydrogens (tertiary/aromatic N) is 1. The van der Waals surface area contributed by atoms with Crippen LogP contribution < -0.4 is 0 Å². The van der Waals surface area contributed by atoms with Gasteiger partial charge in [-0.2, -0.15) is 0 Å². The number of carboxylic acids is 1. The van der Waals surface area contributed by atoms with E-state index in [4.69, 9.17) is 16.7 Å². The molecule has 1 aromatic rings. The summed E-state index contributed by atoms with van der Waals surface area (Å²) in [6.45, 7) is 0.240. The average Bonchev–Trinajstić information content (AvgIpc) is 3.17. The summed E-state index contributed by atoms with van der Waals surface area (Å²) < 4.78 is 0. The third kappa shape index (κ3) is 2.89. The summed E-state index contributed by atoms with van der Waals surface area (Å²) in [5.74, 6) is -0.896. The fourth-order valence-corrected chi connectivity index (χ4v) is 2.38. The minimum atomic E-state index is -0.893. The number of aliphatic carboxylic acids is 1. The molecule has 1 aliphatic carbocycles. The van der Waals surface area contributed by atoms with Gasteiger partial charge in [-0.05, 0) is 30.5 Å². The minimum Gasteiger partial charge on any atom is -0.481 e. The van der Waals surface area contributed by atoms with Gasteiger partial charge in [0.25, 0.3) is 0 Å². The summed E-state index contributed by atoms with van der Waals surface area (Å²) in [6.07, 6.45) is 1.59. The normalized spacial score (nSPS) is 15.9. The largest absolute Gasteiger partial charge is 0.481 e. The monoisotopic (exact) mass is 281 g/mol. The number of rotatable bonds is 5. The number of amides is 1. The number of carbonyl (C=O) groups is 2. The molecular formula is C14H16ClNO3. The van der Waals surface area contributed by atoms with E-state index in [9.17, 15) is 9.59 Å². The van der Waals surface area contributed by atoms with Crippen molar-refractivity contribution in [3.8, 4) is 0 Å². The summed E-state index contributed by atoms with van der Waals surface area (Å²) in [7, 11) is 1.65. The fourth-order valence-electron chi connectivity index (χ4n) is 2.25. The van der Waals surface area contributed by atoms with E-state index in [2.05, 4.69) is 0 Å². The van der Waals surface area contributed by atoms with Crippen LogP contribution in [-0.2, 0) is 15.0 Å². The molecule has 102 valence electrons. The lowest BCUT2D eigenvalue weighted by molar-refractivity contribution is -0.138. The second-order valence-corrected chi connectivity index (χ2v) is 5.40. The van der Waals surface area contributed by atoms with Crippen LogP contribution in [0.5, 0.6) is 0 Å². The van der Waals surface area contributed by atoms with Gasteiger partial charge >= 0.3 is 5.97 Å². The summed E-state index contributed by atoms with van der Waals surface area (Å²) in [6, 6.07) is 7.31. The van der Waals surface area contributed by atoms with Crippen molar-refractivity contribution in [2.45, 2.75) is 24.7 Å². The molecule has 0 bridgehead atoms. The van der Waals surface area contributed by atoms with Crippen molar-refractivity contribution >= 4 is 23.5 Å². The maximum atomic E-state index is 12.4. The summed E-state index contributed by atoms with van der Waals surface area (Å²) in [4.78, 5) is 24.5. The topological polar surface area (TPSA) is 57.6 Å². The minimum absolute atomic E-state index is 0.00364. The van der Waals surface area contributed by atoms with E-state index in [-0.39, 0.29) is 18.9 Å². The van der Waals surface area contributed by atoms with Gasteiger partial charge < -0.3 is 10.0 Å². The van der Waals surface area contributed by atoms with Crippen LogP contribution in [0.2, 0.25) is 5.02 Å². The number of hydrogen-bond acceptors (Lipinski definition) is 2. The molecule has 1 aromatic carbocycles. The molecule has 0 aliphatic heterocycles. The molecule has 0 saturated heterocycles. The Hall–Kier alpha value is -1.55. The Morgan fingerprint density at radius 2 is 1.89 bits per heavy atom. The Morgan fingerprint density at radius 3 is 2.37 bits per heavy atom. The Kier molecular flexibility index (Phi) is 3.80. The number of benzene rings is 1. The first kappa shape index (κ1) is 13.9. The molecule has 0 radical (unpaired) electrons. The lowest BCUT2D eigenvalue weighted by Gasteiger charge is -2.23. The highest BCUT2D eigenvalue weighted by atomic mass is 35.5. The molecule has 1 amide bonds. The highest BCUT2D eigenvalue weighted by Crippen LogP contribution is 2.49. The standard InChI is InChI=1S/C14H16ClNO3/c1-16(9-6-12(17)18)13(19)14(7-8-14)10-2-4-11(15)5-3-10/h2-5H,6-9H2,1H3,(H,17,18). The number of likely N-dealkylation sites (N-methyl/N-ethyl adjacent to an activating group) is 1. The van der Waals surface area contributed by atoms with Gasteiger partial charge in [-0.1, -0.05) is 23.7 Å². The molecule has 0 heterocycles. The lowest BCUT2D eigenvalue weighted by Crippen LogP contribution is -2.37. The summed E-state index contributed by atoms with van der Waals surface area (Å²) >= 11 is 5.85. The second kappa shape index (κ2) is 5.21. The van der Waals surface area contributed by atoms with E-state index >= 15 is 0 Å². The molecule has 0 spiro atoms. The van der Waals surface area contributed by atoms with Gasteiger partial charge in [0.15, 0.2) is 0 Å². The van der Waals surface area contributed by atoms with Crippen molar-refractivity contribution in [3.05, 3.63) is 34.9 Å². The van der Waals surface area contributed by atoms with Crippen molar-refractivity contribution in [3.63, 3.8) is 0 Å². The molecule has 0 aromatic heterocycles. The molecular weight excluding hydrogens is 266 g/mol. The van der Waals surface area contributed by atoms with E-state index in [1.807, 2.05) is 12.1 Å². The van der Waals surface area contributed by atoms with E-state index in [0.29, 0.717) is 5.02 Å². The summed E-state index contributed by atoms with van der Waals surface area (Å²) in [5.41, 5.74) is 0.502. The molecule has 4 nitrogen and oxygen atoms in total. The molecule has 1 aliphatic rings. The van der Waals surface area contributed by atoms with Crippen LogP contribution in [0.1, 0.15) is 24.8 Å². The van der Waals surface area contributed by atoms with Gasteiger partial charge in [-0.3, -0.25) is 9.59 Å². The SMILES string of the molecule is CN(CCC(=O)O)C(=O)C1(c2ccc(Cl)cc2)CC1. The zero-order valence-corrected chi connectivity index (χ0v) is 11.5. The first-order valence-electron chi connectivity index (χ1n) is 6.19. The maximum absolute atomic E-state index is 12.4. The summed E-state index contributed by atoms with van der Waals surface area (Å²) in [5, 5.41) is 9.30. The molecule has 1 fully saturated rings. The van der Waals surface area contributed by atoms with E-state index < -0.39 is 11.4 Å². The van der Waals surface area contributed by atoms with Crippen molar-refractivity contribution in [2.75, 3.05) is 13.6 Å². The van der Waals surface area contributed by atoms with Crippen molar-refractivity contribution in [1.29, 1.82) is 0 Å². The molecule has 1 N–H and O–H groups in total. The molecule has 0 atom stereocenters. The predicted octanol–water partition coefficient (Wildman–Crippen LogP) is 2.30. The maximum Gasteiger partial charge on any atom is 0.305 e. The van der Waals surface area contributed by atoms with Crippen LogP contribution in [0.3, 0.4) is 0 Å². The molecule has 0 unspecified atom stereocenters. The van der Waals surface area contributed by atoms with Gasteiger partial charge in [0.1, 0.15) is 0 Å².